The minimum Gasteiger partial charge on any atom is -0.129 e. The number of rotatable bonds is 9. The third-order valence-corrected chi connectivity index (χ3v) is 12.1. The first-order valence-electron chi connectivity index (χ1n) is 13.9. The molecule has 3 N–H and O–H groups in total. The molecule has 4 heterocycles. The van der Waals surface area contributed by atoms with Crippen LogP contribution in [0.15, 0.2) is 100 Å². The molecule has 1 saturated heterocycles. The first-order valence-corrected chi connectivity index (χ1v) is 17.5. The fraction of sp³-hybridized carbons (Fsp3) is 0.161. The van der Waals surface area contributed by atoms with E-state index in [1.807, 2.05) is 78.9 Å². The van der Waals surface area contributed by atoms with Gasteiger partial charge < -0.3 is 10.4 Å². The van der Waals surface area contributed by atoms with Crippen LogP contribution >= 0.6 is 23.5 Å². The van der Waals surface area contributed by atoms with E-state index >= 15 is 0 Å². The second-order valence-electron chi connectivity index (χ2n) is 10.4. The van der Waals surface area contributed by atoms with Crippen molar-refractivity contribution >= 4 is 65.7 Å². The van der Waals surface area contributed by atoms with E-state index in [0.717, 1.165) is 26.5 Å². The number of β-lactam (4-membered cyclic amide) rings is 1. The summed E-state index contributed by atoms with van der Waals surface area (Å²) in [5.41, 5.74) is 2.98. The molecule has 2 aliphatic rings. The summed E-state index contributed by atoms with van der Waals surface area (Å²) >= 11 is 2.58. The van der Waals surface area contributed by atoms with Crippen LogP contribution in [0, 0.1) is 0 Å². The minimum atomic E-state index is -1.19. The average molecular weight is 704 g/mol. The number of nitrogens with zero attached hydrogens (tertiary/aromatic N) is 4. The van der Waals surface area contributed by atoms with Gasteiger partial charge in [-0.15, -0.1) is 11.8 Å². The number of aromatic amines is 1. The van der Waals surface area contributed by atoms with Crippen molar-refractivity contribution in [3.05, 3.63) is 106 Å². The van der Waals surface area contributed by atoms with Crippen LogP contribution in [0.4, 0.5) is 0 Å². The molecule has 1 unspecified atom stereocenters. The van der Waals surface area contributed by atoms with Crippen molar-refractivity contribution in [3.8, 4) is 17.1 Å². The van der Waals surface area contributed by atoms with E-state index in [4.69, 9.17) is 0 Å². The molecule has 0 radical (unpaired) electrons. The van der Waals surface area contributed by atoms with E-state index in [9.17, 15) is 24.3 Å². The Morgan fingerprint density at radius 1 is 1.04 bits per heavy atom. The van der Waals surface area contributed by atoms with Gasteiger partial charge in [-0.3, -0.25) is 14.5 Å². The van der Waals surface area contributed by atoms with Crippen molar-refractivity contribution in [1.29, 1.82) is 0 Å². The number of fused-ring (bicyclic) bond motifs is 2. The van der Waals surface area contributed by atoms with Crippen LogP contribution in [-0.4, -0.2) is 84.2 Å². The van der Waals surface area contributed by atoms with E-state index in [-0.39, 0.29) is 44.1 Å². The predicted molar refractivity (Wildman–Crippen MR) is 172 cm³/mol. The normalized spacial score (nSPS) is 17.7. The van der Waals surface area contributed by atoms with Gasteiger partial charge in [0.25, 0.3) is 5.91 Å². The van der Waals surface area contributed by atoms with E-state index in [1.54, 1.807) is 3.56 Å². The monoisotopic (exact) mass is 704 g/mol. The summed E-state index contributed by atoms with van der Waals surface area (Å²) in [4.78, 5) is 56.5. The van der Waals surface area contributed by atoms with Gasteiger partial charge in [-0.25, -0.2) is 4.79 Å². The summed E-state index contributed by atoms with van der Waals surface area (Å²) in [5, 5.41) is 20.7. The molecule has 14 heteroatoms. The molecule has 45 heavy (non-hydrogen) atoms. The number of H-pyrrole nitrogens is 1. The number of aliphatic carboxylic acids is 1. The van der Waals surface area contributed by atoms with Gasteiger partial charge in [0.15, 0.2) is 0 Å². The number of amides is 2. The number of carbonyl (C=O) groups is 3. The summed E-state index contributed by atoms with van der Waals surface area (Å²) in [5.74, 6) is -0.677. The number of thioether (sulfide) groups is 2. The van der Waals surface area contributed by atoms with Gasteiger partial charge in [0, 0.05) is 0 Å². The molecule has 2 atom stereocenters. The number of hydrogen-bond acceptors (Lipinski definition) is 8. The second-order valence-corrected chi connectivity index (χ2v) is 14.5. The van der Waals surface area contributed by atoms with Gasteiger partial charge in [-0.05, 0) is 5.56 Å². The molecule has 11 nitrogen and oxygen atoms in total. The Morgan fingerprint density at radius 2 is 1.80 bits per heavy atom. The summed E-state index contributed by atoms with van der Waals surface area (Å²) in [7, 11) is 0. The fourth-order valence-corrected chi connectivity index (χ4v) is 9.67. The zero-order chi connectivity index (χ0) is 31.1. The van der Waals surface area contributed by atoms with Gasteiger partial charge in [0.05, 0.1) is 6.42 Å². The SMILES string of the molecule is O=C(Cc1ccccc1)N[C@@H]1C(=O)N2C(C(=O)O)=C(CSc3n[nH]c(-c4ccc(-n5[se]c6ccccc6c5=O)cc4)n3)CSC12. The number of nitrogens with one attached hydrogen (secondary N) is 2. The van der Waals surface area contributed by atoms with Crippen LogP contribution in [0.3, 0.4) is 0 Å². The molecular formula is C31H24N6O5S2Se. The van der Waals surface area contributed by atoms with Crippen molar-refractivity contribution in [2.75, 3.05) is 11.5 Å². The Kier molecular flexibility index (Phi) is 7.96. The first kappa shape index (κ1) is 29.4. The summed E-state index contributed by atoms with van der Waals surface area (Å²) < 4.78 is 2.86. The van der Waals surface area contributed by atoms with Crippen molar-refractivity contribution in [3.63, 3.8) is 0 Å². The van der Waals surface area contributed by atoms with Gasteiger partial charge in [0.1, 0.15) is 11.4 Å². The second kappa shape index (κ2) is 12.2. The molecule has 5 aromatic rings. The number of hydrogen-bond donors (Lipinski definition) is 3. The van der Waals surface area contributed by atoms with E-state index in [0.29, 0.717) is 22.3 Å². The van der Waals surface area contributed by atoms with Crippen LogP contribution in [0.1, 0.15) is 5.56 Å². The number of aromatic nitrogens is 4. The Hall–Kier alpha value is -4.36. The maximum atomic E-state index is 13.0. The molecular weight excluding hydrogens is 679 g/mol. The minimum absolute atomic E-state index is 0.00203. The molecule has 1 fully saturated rings. The number of carboxylic acids is 1. The molecule has 2 aromatic heterocycles. The predicted octanol–water partition coefficient (Wildman–Crippen LogP) is 2.91. The van der Waals surface area contributed by atoms with Gasteiger partial charge >= 0.3 is 165 Å². The number of carbonyl (C=O) groups excluding carboxylic acids is 2. The Labute approximate surface area is 270 Å². The van der Waals surface area contributed by atoms with Crippen molar-refractivity contribution in [2.24, 2.45) is 0 Å². The van der Waals surface area contributed by atoms with Gasteiger partial charge in [-0.1, -0.05) is 30.3 Å². The topological polar surface area (TPSA) is 150 Å². The summed E-state index contributed by atoms with van der Waals surface area (Å²) in [6.45, 7) is 0. The molecule has 7 rings (SSSR count). The third-order valence-electron chi connectivity index (χ3n) is 7.48. The van der Waals surface area contributed by atoms with Gasteiger partial charge in [0.2, 0.25) is 5.91 Å². The van der Waals surface area contributed by atoms with Crippen molar-refractivity contribution < 1.29 is 19.5 Å². The summed E-state index contributed by atoms with van der Waals surface area (Å²) in [6, 6.07) is 23.6. The van der Waals surface area contributed by atoms with Crippen molar-refractivity contribution in [2.45, 2.75) is 23.0 Å². The molecule has 0 saturated carbocycles. The zero-order valence-electron chi connectivity index (χ0n) is 23.4. The van der Waals surface area contributed by atoms with Crippen LogP contribution in [0.5, 0.6) is 0 Å². The number of carboxylic acid groups (broad SMARTS) is 1. The van der Waals surface area contributed by atoms with Gasteiger partial charge in [-0.2, -0.15) is 0 Å². The van der Waals surface area contributed by atoms with Crippen LogP contribution in [0.25, 0.3) is 26.7 Å². The van der Waals surface area contributed by atoms with Crippen LogP contribution in [0.2, 0.25) is 0 Å². The smallest absolute Gasteiger partial charge is 0.129 e. The van der Waals surface area contributed by atoms with Crippen LogP contribution < -0.4 is 10.9 Å². The zero-order valence-corrected chi connectivity index (χ0v) is 26.7. The molecule has 2 aliphatic heterocycles. The third kappa shape index (κ3) is 5.66. The van der Waals surface area contributed by atoms with Crippen molar-refractivity contribution in [1.82, 2.24) is 29.0 Å². The molecule has 226 valence electrons. The first-order chi connectivity index (χ1) is 21.9. The molecule has 3 aromatic carbocycles. The van der Waals surface area contributed by atoms with E-state index in [2.05, 4.69) is 20.5 Å². The van der Waals surface area contributed by atoms with Crippen LogP contribution in [-0.2, 0) is 20.8 Å². The Morgan fingerprint density at radius 3 is 2.56 bits per heavy atom. The summed E-state index contributed by atoms with van der Waals surface area (Å²) in [6.07, 6.45) is 0.141. The molecule has 0 aliphatic carbocycles. The molecule has 2 amide bonds. The fourth-order valence-electron chi connectivity index (χ4n) is 5.29. The Balaban J connectivity index is 1.01. The van der Waals surface area contributed by atoms with E-state index < -0.39 is 23.3 Å². The Bertz CT molecular complexity index is 2040. The molecule has 0 spiro atoms. The standard InChI is InChI=1S/C31H24N6O5S2Se/c38-23(14-17-6-2-1-3-7-17)32-24-28(40)36-25(30(41)42)19(15-43-29(24)36)16-44-31-33-26(34-35-31)18-10-12-20(13-11-18)37-27(39)21-8-4-5-9-22(21)45-37/h1-13,24,29H,14-16H2,(H,32,38)(H,41,42)(H,33,34,35)/t24-,29?/m1/s1. The molecule has 0 bridgehead atoms. The average Bonchev–Trinajstić information content (AvgIpc) is 3.67. The quantitative estimate of drug-likeness (QED) is 0.120. The number of benzene rings is 3. The van der Waals surface area contributed by atoms with E-state index in [1.165, 1.54) is 28.4 Å². The maximum absolute atomic E-state index is 13.0.